The molecule has 0 saturated carbocycles. The first-order valence-electron chi connectivity index (χ1n) is 11.7. The predicted molar refractivity (Wildman–Crippen MR) is 150 cm³/mol. The molecule has 0 bridgehead atoms. The van der Waals surface area contributed by atoms with Crippen molar-refractivity contribution in [1.29, 1.82) is 0 Å². The number of aromatic nitrogens is 2. The van der Waals surface area contributed by atoms with E-state index in [2.05, 4.69) is 25.6 Å². The van der Waals surface area contributed by atoms with Crippen molar-refractivity contribution in [3.05, 3.63) is 49.8 Å². The van der Waals surface area contributed by atoms with E-state index in [0.29, 0.717) is 23.7 Å². The molecule has 9 nitrogen and oxygen atoms in total. The predicted octanol–water partition coefficient (Wildman–Crippen LogP) is 5.40. The Bertz CT molecular complexity index is 1440. The number of nitrogens with zero attached hydrogens (tertiary/aromatic N) is 3. The number of aryl methyl sites for hydroxylation is 1. The van der Waals surface area contributed by atoms with Gasteiger partial charge >= 0.3 is 11.8 Å². The molecule has 13 heteroatoms. The Morgan fingerprint density at radius 3 is 2.59 bits per heavy atom. The summed E-state index contributed by atoms with van der Waals surface area (Å²) >= 11 is 6.27. The highest BCUT2D eigenvalue weighted by Crippen LogP contribution is 2.40. The summed E-state index contributed by atoms with van der Waals surface area (Å²) in [4.78, 5) is 32.4. The highest BCUT2D eigenvalue weighted by Gasteiger charge is 2.33. The third-order valence-corrected chi connectivity index (χ3v) is 10.4. The van der Waals surface area contributed by atoms with Crippen LogP contribution in [0.15, 0.2) is 42.6 Å². The molecule has 1 aromatic carbocycles. The molecule has 1 saturated heterocycles. The molecule has 0 aromatic heterocycles. The van der Waals surface area contributed by atoms with E-state index >= 15 is 0 Å². The van der Waals surface area contributed by atoms with Gasteiger partial charge in [0.1, 0.15) is 11.3 Å². The number of carbonyl (C=O) groups is 1. The number of rotatable bonds is 6. The first-order chi connectivity index (χ1) is 17.3. The van der Waals surface area contributed by atoms with Crippen molar-refractivity contribution in [2.75, 3.05) is 17.0 Å². The third-order valence-electron chi connectivity index (χ3n) is 5.90. The normalized spacial score (nSPS) is 16.4. The number of anilines is 1. The van der Waals surface area contributed by atoms with Gasteiger partial charge in [-0.05, 0) is 71.7 Å². The van der Waals surface area contributed by atoms with Crippen LogP contribution in [0.3, 0.4) is 0 Å². The lowest BCUT2D eigenvalue weighted by Crippen LogP contribution is -2.40. The molecule has 0 unspecified atom stereocenters. The van der Waals surface area contributed by atoms with Crippen LogP contribution in [0.5, 0.6) is 0 Å². The standard InChI is InChI=1S/C24H29BrN4O5S3/c1-14-15(2)36-21(35-13-17-7-6-12-28(17)23(31)34-24(3,4)5)19-20(26-22(30)29(14)19)27-37(32,33)18-10-8-16(25)9-11-18/h8-11,17H,6-7,12-13H2,1-5H3,(H,26,27,30)/t17-/m0/s1. The second-order valence-corrected chi connectivity index (χ2v) is 14.9. The number of carbonyl (C=O) groups excluding carboxylic acids is 1. The number of fused-ring (bicyclic) bond motifs is 1. The van der Waals surface area contributed by atoms with Gasteiger partial charge in [0, 0.05) is 33.4 Å². The molecule has 3 aliphatic heterocycles. The average molecular weight is 630 g/mol. The van der Waals surface area contributed by atoms with Gasteiger partial charge in [-0.3, -0.25) is 9.29 Å². The lowest BCUT2D eigenvalue weighted by Gasteiger charge is -2.28. The largest absolute Gasteiger partial charge is 0.444 e. The lowest BCUT2D eigenvalue weighted by molar-refractivity contribution is 0.0242. The molecule has 1 atom stereocenters. The van der Waals surface area contributed by atoms with E-state index in [1.165, 1.54) is 39.8 Å². The summed E-state index contributed by atoms with van der Waals surface area (Å²) in [5, 5.41) is 0. The fourth-order valence-electron chi connectivity index (χ4n) is 4.03. The molecule has 3 heterocycles. The van der Waals surface area contributed by atoms with Crippen LogP contribution in [0.4, 0.5) is 10.6 Å². The molecule has 1 amide bonds. The maximum atomic E-state index is 13.1. The van der Waals surface area contributed by atoms with E-state index in [4.69, 9.17) is 4.74 Å². The number of hydrogen-bond donors (Lipinski definition) is 1. The average Bonchev–Trinajstić information content (AvgIpc) is 3.39. The Kier molecular flexibility index (Phi) is 7.99. The quantitative estimate of drug-likeness (QED) is 0.364. The van der Waals surface area contributed by atoms with E-state index in [0.717, 1.165) is 26.4 Å². The Balaban J connectivity index is 1.65. The van der Waals surface area contributed by atoms with Gasteiger partial charge in [-0.1, -0.05) is 15.9 Å². The molecule has 0 spiro atoms. The van der Waals surface area contributed by atoms with Gasteiger partial charge in [0.2, 0.25) is 0 Å². The van der Waals surface area contributed by atoms with Crippen molar-refractivity contribution >= 4 is 61.0 Å². The van der Waals surface area contributed by atoms with Crippen LogP contribution in [-0.2, 0) is 14.8 Å². The number of sulfonamides is 1. The van der Waals surface area contributed by atoms with Crippen LogP contribution in [-0.4, -0.2) is 52.9 Å². The van der Waals surface area contributed by atoms with Crippen molar-refractivity contribution in [2.45, 2.75) is 68.2 Å². The Morgan fingerprint density at radius 1 is 1.27 bits per heavy atom. The van der Waals surface area contributed by atoms with Crippen molar-refractivity contribution in [3.63, 3.8) is 0 Å². The summed E-state index contributed by atoms with van der Waals surface area (Å²) in [5.74, 6) is 0.566. The molecule has 0 radical (unpaired) electrons. The van der Waals surface area contributed by atoms with Gasteiger partial charge < -0.3 is 9.64 Å². The Hall–Kier alpha value is -2.09. The van der Waals surface area contributed by atoms with Crippen molar-refractivity contribution in [2.24, 2.45) is 0 Å². The fraction of sp³-hybridized carbons (Fsp3) is 0.458. The second kappa shape index (κ2) is 10.6. The molecule has 4 rings (SSSR count). The maximum Gasteiger partial charge on any atom is 0.410 e. The van der Waals surface area contributed by atoms with Crippen LogP contribution < -0.4 is 10.4 Å². The van der Waals surface area contributed by atoms with E-state index in [1.807, 2.05) is 34.6 Å². The number of ether oxygens (including phenoxy) is 1. The third kappa shape index (κ3) is 6.15. The highest BCUT2D eigenvalue weighted by molar-refractivity contribution is 9.10. The number of thioether (sulfide) groups is 1. The fourth-order valence-corrected chi connectivity index (χ4v) is 7.93. The topological polar surface area (TPSA) is 111 Å². The van der Waals surface area contributed by atoms with Gasteiger partial charge in [0.15, 0.2) is 5.82 Å². The minimum Gasteiger partial charge on any atom is -0.444 e. The summed E-state index contributed by atoms with van der Waals surface area (Å²) in [7, 11) is -3.98. The smallest absolute Gasteiger partial charge is 0.410 e. The van der Waals surface area contributed by atoms with E-state index in [-0.39, 0.29) is 22.8 Å². The number of halogens is 1. The SMILES string of the molecule is Cc1sc(SC[C@@H]2CCCN2C(=O)OC(C)(C)C)c2c(NS(=O)(=O)c3ccc(Br)cc3)nc(=O)n-2c1C. The summed E-state index contributed by atoms with van der Waals surface area (Å²) < 4.78 is 37.2. The zero-order valence-electron chi connectivity index (χ0n) is 21.2. The molecule has 3 aliphatic rings. The van der Waals surface area contributed by atoms with Gasteiger partial charge in [-0.15, -0.1) is 23.1 Å². The molecular weight excluding hydrogens is 600 g/mol. The molecule has 200 valence electrons. The van der Waals surface area contributed by atoms with Crippen LogP contribution in [0.25, 0.3) is 5.69 Å². The van der Waals surface area contributed by atoms with E-state index < -0.39 is 21.3 Å². The van der Waals surface area contributed by atoms with Crippen molar-refractivity contribution < 1.29 is 17.9 Å². The maximum absolute atomic E-state index is 13.1. The molecule has 0 aliphatic carbocycles. The van der Waals surface area contributed by atoms with Crippen LogP contribution >= 0.6 is 39.0 Å². The first kappa shape index (κ1) is 27.9. The van der Waals surface area contributed by atoms with Crippen molar-refractivity contribution in [1.82, 2.24) is 14.5 Å². The number of likely N-dealkylation sites (tertiary alicyclic amines) is 1. The zero-order chi connectivity index (χ0) is 27.1. The van der Waals surface area contributed by atoms with Gasteiger partial charge in [0.25, 0.3) is 10.0 Å². The number of imidazole rings is 1. The van der Waals surface area contributed by atoms with Crippen LogP contribution in [0, 0.1) is 13.8 Å². The number of hydrogen-bond acceptors (Lipinski definition) is 8. The van der Waals surface area contributed by atoms with Crippen LogP contribution in [0.1, 0.15) is 44.2 Å². The Morgan fingerprint density at radius 2 is 1.95 bits per heavy atom. The Labute approximate surface area is 233 Å². The molecule has 1 aromatic rings. The summed E-state index contributed by atoms with van der Waals surface area (Å²) in [6.45, 7) is 9.88. The minimum atomic E-state index is -3.98. The monoisotopic (exact) mass is 628 g/mol. The number of nitrogens with one attached hydrogen (secondary N) is 1. The highest BCUT2D eigenvalue weighted by atomic mass is 79.9. The second-order valence-electron chi connectivity index (χ2n) is 9.80. The molecular formula is C24H29BrN4O5S3. The lowest BCUT2D eigenvalue weighted by atomic mass is 10.2. The van der Waals surface area contributed by atoms with Crippen molar-refractivity contribution in [3.8, 4) is 5.69 Å². The first-order valence-corrected chi connectivity index (χ1v) is 15.8. The molecule has 37 heavy (non-hydrogen) atoms. The number of amides is 1. The van der Waals surface area contributed by atoms with Crippen LogP contribution in [0.2, 0.25) is 0 Å². The van der Waals surface area contributed by atoms with E-state index in [1.54, 1.807) is 17.0 Å². The van der Waals surface area contributed by atoms with Gasteiger partial charge in [0.05, 0.1) is 9.10 Å². The van der Waals surface area contributed by atoms with E-state index in [9.17, 15) is 18.0 Å². The molecule has 1 N–H and O–H groups in total. The van der Waals surface area contributed by atoms with Gasteiger partial charge in [-0.25, -0.2) is 18.0 Å². The molecule has 1 fully saturated rings. The minimum absolute atomic E-state index is 0.00908. The zero-order valence-corrected chi connectivity index (χ0v) is 25.2. The van der Waals surface area contributed by atoms with Gasteiger partial charge in [-0.2, -0.15) is 4.98 Å². The number of benzene rings is 1. The summed E-state index contributed by atoms with van der Waals surface area (Å²) in [6, 6.07) is 6.18. The summed E-state index contributed by atoms with van der Waals surface area (Å²) in [5.41, 5.74) is -0.00400. The summed E-state index contributed by atoms with van der Waals surface area (Å²) in [6.07, 6.45) is 1.39.